The van der Waals surface area contributed by atoms with Crippen LogP contribution < -0.4 is 5.73 Å². The van der Waals surface area contributed by atoms with E-state index in [1.54, 1.807) is 19.0 Å². The van der Waals surface area contributed by atoms with Gasteiger partial charge < -0.3 is 15.2 Å². The second-order valence-corrected chi connectivity index (χ2v) is 4.27. The van der Waals surface area contributed by atoms with Crippen LogP contribution in [0.2, 0.25) is 0 Å². The van der Waals surface area contributed by atoms with Crippen LogP contribution in [-0.2, 0) is 11.3 Å². The summed E-state index contributed by atoms with van der Waals surface area (Å²) in [6, 6.07) is 2.09. The van der Waals surface area contributed by atoms with Crippen LogP contribution in [0.3, 0.4) is 0 Å². The van der Waals surface area contributed by atoms with Crippen molar-refractivity contribution in [2.75, 3.05) is 19.8 Å². The summed E-state index contributed by atoms with van der Waals surface area (Å²) in [4.78, 5) is 13.1. The number of nitrogens with two attached hydrogens (primary N) is 1. The van der Waals surface area contributed by atoms with E-state index in [4.69, 9.17) is 11.0 Å². The molecule has 0 aliphatic rings. The highest BCUT2D eigenvalue weighted by Crippen LogP contribution is 2.23. The van der Waals surface area contributed by atoms with Crippen molar-refractivity contribution in [2.24, 2.45) is 0 Å². The monoisotopic (exact) mass is 234 g/mol. The lowest BCUT2D eigenvalue weighted by molar-refractivity contribution is -0.128. The molecule has 2 N–H and O–H groups in total. The number of carbonyl (C=O) groups excluding carboxylic acids is 1. The van der Waals surface area contributed by atoms with E-state index in [-0.39, 0.29) is 5.91 Å². The van der Waals surface area contributed by atoms with E-state index in [0.717, 1.165) is 11.3 Å². The lowest BCUT2D eigenvalue weighted by Gasteiger charge is -2.12. The van der Waals surface area contributed by atoms with E-state index in [2.05, 4.69) is 6.07 Å². The second kappa shape index (κ2) is 4.91. The molecule has 1 heterocycles. The molecule has 1 aromatic heterocycles. The van der Waals surface area contributed by atoms with Gasteiger partial charge in [-0.1, -0.05) is 0 Å². The fraction of sp³-hybridized carbons (Fsp3) is 0.500. The fourth-order valence-corrected chi connectivity index (χ4v) is 1.75. The summed E-state index contributed by atoms with van der Waals surface area (Å²) in [6.07, 6.45) is 0.386. The Hall–Kier alpha value is -1.96. The summed E-state index contributed by atoms with van der Waals surface area (Å²) >= 11 is 0. The normalized spacial score (nSPS) is 10.1. The average molecular weight is 234 g/mol. The molecule has 0 unspecified atom stereocenters. The minimum atomic E-state index is 0.0497. The zero-order valence-corrected chi connectivity index (χ0v) is 10.7. The first-order valence-corrected chi connectivity index (χ1v) is 5.45. The van der Waals surface area contributed by atoms with E-state index < -0.39 is 0 Å². The molecule has 0 radical (unpaired) electrons. The Morgan fingerprint density at radius 3 is 2.47 bits per heavy atom. The zero-order valence-electron chi connectivity index (χ0n) is 10.7. The molecule has 0 aromatic carbocycles. The van der Waals surface area contributed by atoms with Crippen molar-refractivity contribution in [1.29, 1.82) is 5.26 Å². The molecule has 0 atom stereocenters. The highest BCUT2D eigenvalue weighted by Gasteiger charge is 2.15. The Kier molecular flexibility index (Phi) is 3.79. The largest absolute Gasteiger partial charge is 0.384 e. The molecule has 0 saturated carbocycles. The van der Waals surface area contributed by atoms with E-state index in [9.17, 15) is 4.79 Å². The summed E-state index contributed by atoms with van der Waals surface area (Å²) in [5.74, 6) is 0.503. The Balaban J connectivity index is 2.94. The number of hydrogen-bond donors (Lipinski definition) is 1. The lowest BCUT2D eigenvalue weighted by atomic mass is 10.2. The molecule has 5 nitrogen and oxygen atoms in total. The summed E-state index contributed by atoms with van der Waals surface area (Å²) in [6.45, 7) is 4.29. The highest BCUT2D eigenvalue weighted by molar-refractivity contribution is 5.75. The quantitative estimate of drug-likeness (QED) is 0.849. The van der Waals surface area contributed by atoms with Crippen molar-refractivity contribution in [2.45, 2.75) is 26.8 Å². The average Bonchev–Trinajstić information content (AvgIpc) is 2.48. The first kappa shape index (κ1) is 13.1. The highest BCUT2D eigenvalue weighted by atomic mass is 16.2. The van der Waals surface area contributed by atoms with Crippen molar-refractivity contribution in [3.63, 3.8) is 0 Å². The lowest BCUT2D eigenvalue weighted by Crippen LogP contribution is -2.23. The molecule has 1 aromatic rings. The van der Waals surface area contributed by atoms with E-state index >= 15 is 0 Å². The minimum absolute atomic E-state index is 0.0497. The Labute approximate surface area is 101 Å². The van der Waals surface area contributed by atoms with Gasteiger partial charge in [-0.2, -0.15) is 5.26 Å². The summed E-state index contributed by atoms with van der Waals surface area (Å²) < 4.78 is 1.83. The molecule has 0 fully saturated rings. The Morgan fingerprint density at radius 1 is 1.47 bits per heavy atom. The topological polar surface area (TPSA) is 75.0 Å². The molecule has 0 bridgehead atoms. The molecular weight excluding hydrogens is 216 g/mol. The van der Waals surface area contributed by atoms with Crippen LogP contribution in [0, 0.1) is 25.2 Å². The molecule has 0 aliphatic carbocycles. The van der Waals surface area contributed by atoms with Crippen LogP contribution in [0.25, 0.3) is 0 Å². The van der Waals surface area contributed by atoms with Gasteiger partial charge in [0, 0.05) is 32.8 Å². The van der Waals surface area contributed by atoms with E-state index in [0.29, 0.717) is 24.3 Å². The standard InChI is InChI=1S/C12H18N4O/c1-8-9(2)16(12(14)10(8)7-13)6-5-11(17)15(3)4/h5-6,14H2,1-4H3. The van der Waals surface area contributed by atoms with Gasteiger partial charge in [-0.25, -0.2) is 0 Å². The third-order valence-electron chi connectivity index (χ3n) is 3.03. The van der Waals surface area contributed by atoms with Crippen LogP contribution in [0.15, 0.2) is 0 Å². The van der Waals surface area contributed by atoms with Gasteiger partial charge in [0.15, 0.2) is 0 Å². The molecule has 0 aliphatic heterocycles. The van der Waals surface area contributed by atoms with E-state index in [1.165, 1.54) is 0 Å². The predicted molar refractivity (Wildman–Crippen MR) is 66.3 cm³/mol. The van der Waals surface area contributed by atoms with Crippen LogP contribution in [0.1, 0.15) is 23.2 Å². The van der Waals surface area contributed by atoms with Gasteiger partial charge >= 0.3 is 0 Å². The third-order valence-corrected chi connectivity index (χ3v) is 3.03. The van der Waals surface area contributed by atoms with Crippen LogP contribution >= 0.6 is 0 Å². The third kappa shape index (κ3) is 2.41. The number of aromatic nitrogens is 1. The van der Waals surface area contributed by atoms with Gasteiger partial charge in [0.1, 0.15) is 11.9 Å². The number of carbonyl (C=O) groups is 1. The fourth-order valence-electron chi connectivity index (χ4n) is 1.75. The predicted octanol–water partition coefficient (Wildman–Crippen LogP) is 1.04. The number of hydrogen-bond acceptors (Lipinski definition) is 3. The Bertz CT molecular complexity index is 480. The van der Waals surface area contributed by atoms with Crippen molar-refractivity contribution in [3.05, 3.63) is 16.8 Å². The maximum Gasteiger partial charge on any atom is 0.223 e. The van der Waals surface area contributed by atoms with E-state index in [1.807, 2.05) is 18.4 Å². The molecule has 92 valence electrons. The van der Waals surface area contributed by atoms with Gasteiger partial charge in [0.25, 0.3) is 0 Å². The van der Waals surface area contributed by atoms with Crippen molar-refractivity contribution in [3.8, 4) is 6.07 Å². The number of amides is 1. The summed E-state index contributed by atoms with van der Waals surface area (Å²) in [5.41, 5.74) is 8.25. The number of nitrogens with zero attached hydrogens (tertiary/aromatic N) is 3. The molecule has 17 heavy (non-hydrogen) atoms. The summed E-state index contributed by atoms with van der Waals surface area (Å²) in [5, 5.41) is 8.98. The van der Waals surface area contributed by atoms with Gasteiger partial charge in [-0.15, -0.1) is 0 Å². The molecule has 1 amide bonds. The maximum absolute atomic E-state index is 11.5. The molecular formula is C12H18N4O. The minimum Gasteiger partial charge on any atom is -0.384 e. The molecule has 0 saturated heterocycles. The first-order chi connectivity index (χ1) is 7.90. The molecule has 0 spiro atoms. The number of anilines is 1. The number of rotatable bonds is 3. The SMILES string of the molecule is Cc1c(C#N)c(N)n(CCC(=O)N(C)C)c1C. The Morgan fingerprint density at radius 2 is 2.06 bits per heavy atom. The first-order valence-electron chi connectivity index (χ1n) is 5.45. The van der Waals surface area contributed by atoms with Gasteiger partial charge in [-0.05, 0) is 19.4 Å². The van der Waals surface area contributed by atoms with Crippen LogP contribution in [0.5, 0.6) is 0 Å². The van der Waals surface area contributed by atoms with Crippen molar-refractivity contribution >= 4 is 11.7 Å². The maximum atomic E-state index is 11.5. The van der Waals surface area contributed by atoms with Gasteiger partial charge in [0.05, 0.1) is 5.56 Å². The molecule has 1 rings (SSSR count). The molecule has 5 heteroatoms. The van der Waals surface area contributed by atoms with Gasteiger partial charge in [-0.3, -0.25) is 4.79 Å². The summed E-state index contributed by atoms with van der Waals surface area (Å²) in [7, 11) is 3.44. The second-order valence-electron chi connectivity index (χ2n) is 4.27. The number of nitriles is 1. The zero-order chi connectivity index (χ0) is 13.2. The number of nitrogen functional groups attached to an aromatic ring is 1. The smallest absolute Gasteiger partial charge is 0.223 e. The van der Waals surface area contributed by atoms with Crippen molar-refractivity contribution in [1.82, 2.24) is 9.47 Å². The van der Waals surface area contributed by atoms with Crippen LogP contribution in [0.4, 0.5) is 5.82 Å². The van der Waals surface area contributed by atoms with Crippen LogP contribution in [-0.4, -0.2) is 29.5 Å². The van der Waals surface area contributed by atoms with Crippen molar-refractivity contribution < 1.29 is 4.79 Å². The van der Waals surface area contributed by atoms with Gasteiger partial charge in [0.2, 0.25) is 5.91 Å².